The van der Waals surface area contributed by atoms with Gasteiger partial charge in [-0.1, -0.05) is 30.3 Å². The molecular formula is C21H17NO3. The third kappa shape index (κ3) is 2.87. The summed E-state index contributed by atoms with van der Waals surface area (Å²) in [5.41, 5.74) is 4.52. The van der Waals surface area contributed by atoms with E-state index < -0.39 is 0 Å². The van der Waals surface area contributed by atoms with Crippen molar-refractivity contribution in [2.24, 2.45) is 0 Å². The Morgan fingerprint density at radius 1 is 1.04 bits per heavy atom. The summed E-state index contributed by atoms with van der Waals surface area (Å²) >= 11 is 0. The Morgan fingerprint density at radius 3 is 2.64 bits per heavy atom. The number of hydrogen-bond acceptors (Lipinski definition) is 4. The van der Waals surface area contributed by atoms with Crippen LogP contribution >= 0.6 is 0 Å². The van der Waals surface area contributed by atoms with Crippen molar-refractivity contribution in [3.8, 4) is 17.2 Å². The molecule has 0 unspecified atom stereocenters. The predicted octanol–water partition coefficient (Wildman–Crippen LogP) is 4.49. The summed E-state index contributed by atoms with van der Waals surface area (Å²) in [6.07, 6.45) is 0. The number of ether oxygens (including phenoxy) is 1. The maximum Gasteiger partial charge on any atom is 0.185 e. The summed E-state index contributed by atoms with van der Waals surface area (Å²) < 4.78 is 11.8. The monoisotopic (exact) mass is 331 g/mol. The lowest BCUT2D eigenvalue weighted by Crippen LogP contribution is -2.09. The second-order valence-electron chi connectivity index (χ2n) is 6.11. The Labute approximate surface area is 145 Å². The highest BCUT2D eigenvalue weighted by molar-refractivity contribution is 5.79. The van der Waals surface area contributed by atoms with Gasteiger partial charge in [-0.3, -0.25) is 4.79 Å². The van der Waals surface area contributed by atoms with Crippen molar-refractivity contribution in [1.82, 2.24) is 4.98 Å². The van der Waals surface area contributed by atoms with E-state index in [1.54, 1.807) is 13.0 Å². The fourth-order valence-electron chi connectivity index (χ4n) is 2.84. The normalized spacial score (nSPS) is 11.1. The van der Waals surface area contributed by atoms with Gasteiger partial charge in [0.15, 0.2) is 16.8 Å². The fourth-order valence-corrected chi connectivity index (χ4v) is 2.84. The van der Waals surface area contributed by atoms with Gasteiger partial charge in [0, 0.05) is 11.6 Å². The number of aromatic nitrogens is 1. The van der Waals surface area contributed by atoms with Crippen molar-refractivity contribution >= 4 is 11.1 Å². The van der Waals surface area contributed by atoms with Crippen LogP contribution in [0.15, 0.2) is 63.8 Å². The molecule has 0 amide bonds. The lowest BCUT2D eigenvalue weighted by molar-refractivity contribution is 0.306. The van der Waals surface area contributed by atoms with Crippen LogP contribution in [0.4, 0.5) is 0 Å². The molecule has 1 aliphatic heterocycles. The number of nitrogens with zero attached hydrogens (tertiary/aromatic N) is 1. The number of rotatable bonds is 3. The average molecular weight is 331 g/mol. The number of aryl methyl sites for hydroxylation is 1. The van der Waals surface area contributed by atoms with Gasteiger partial charge in [-0.2, -0.15) is 0 Å². The van der Waals surface area contributed by atoms with Crippen LogP contribution in [0.1, 0.15) is 16.7 Å². The zero-order valence-electron chi connectivity index (χ0n) is 14.1. The van der Waals surface area contributed by atoms with Gasteiger partial charge in [0.1, 0.15) is 23.6 Å². The summed E-state index contributed by atoms with van der Waals surface area (Å²) in [5.74, 6) is 1.24. The minimum atomic E-state index is -0.0358. The van der Waals surface area contributed by atoms with E-state index in [1.165, 1.54) is 0 Å². The van der Waals surface area contributed by atoms with E-state index in [2.05, 4.69) is 4.98 Å². The first-order valence-electron chi connectivity index (χ1n) is 8.13. The van der Waals surface area contributed by atoms with Crippen LogP contribution in [-0.2, 0) is 6.61 Å². The van der Waals surface area contributed by atoms with Gasteiger partial charge >= 0.3 is 0 Å². The SMILES string of the molecule is Cc1cc(=O)c(C)c2oc3cc(OCc4ccccc4)ccc3nc1-2. The molecule has 4 heteroatoms. The topological polar surface area (TPSA) is 52.3 Å². The minimum absolute atomic E-state index is 0.0358. The molecule has 0 saturated carbocycles. The quantitative estimate of drug-likeness (QED) is 0.519. The van der Waals surface area contributed by atoms with E-state index in [4.69, 9.17) is 9.15 Å². The van der Waals surface area contributed by atoms with Gasteiger partial charge in [0.25, 0.3) is 0 Å². The van der Waals surface area contributed by atoms with Gasteiger partial charge in [-0.15, -0.1) is 0 Å². The standard InChI is InChI=1S/C21H17NO3/c1-13-10-18(23)14(2)21-20(13)22-17-9-8-16(11-19(17)25-21)24-12-15-6-4-3-5-7-15/h3-11H,12H2,1-2H3. The zero-order chi connectivity index (χ0) is 17.4. The Balaban J connectivity index is 1.75. The maximum absolute atomic E-state index is 12.0. The summed E-state index contributed by atoms with van der Waals surface area (Å²) in [5, 5.41) is 0. The van der Waals surface area contributed by atoms with Crippen LogP contribution in [-0.4, -0.2) is 4.98 Å². The molecule has 124 valence electrons. The lowest BCUT2D eigenvalue weighted by Gasteiger charge is -2.12. The Morgan fingerprint density at radius 2 is 1.84 bits per heavy atom. The van der Waals surface area contributed by atoms with Crippen molar-refractivity contribution in [1.29, 1.82) is 0 Å². The van der Waals surface area contributed by atoms with Crippen LogP contribution in [0.3, 0.4) is 0 Å². The Hall–Kier alpha value is -3.14. The lowest BCUT2D eigenvalue weighted by atomic mass is 10.0. The molecule has 4 rings (SSSR count). The molecule has 1 heterocycles. The van der Waals surface area contributed by atoms with Crippen LogP contribution in [0.5, 0.6) is 5.75 Å². The molecule has 0 radical (unpaired) electrons. The summed E-state index contributed by atoms with van der Waals surface area (Å²) in [6, 6.07) is 17.1. The first kappa shape index (κ1) is 15.4. The van der Waals surface area contributed by atoms with Gasteiger partial charge in [-0.05, 0) is 43.2 Å². The summed E-state index contributed by atoms with van der Waals surface area (Å²) in [4.78, 5) is 16.7. The van der Waals surface area contributed by atoms with Crippen molar-refractivity contribution in [2.45, 2.75) is 20.5 Å². The Bertz CT molecular complexity index is 1080. The molecule has 0 bridgehead atoms. The van der Waals surface area contributed by atoms with E-state index in [9.17, 15) is 4.79 Å². The van der Waals surface area contributed by atoms with E-state index in [-0.39, 0.29) is 5.43 Å². The summed E-state index contributed by atoms with van der Waals surface area (Å²) in [6.45, 7) is 4.11. The van der Waals surface area contributed by atoms with E-state index in [0.29, 0.717) is 29.3 Å². The van der Waals surface area contributed by atoms with E-state index >= 15 is 0 Å². The molecule has 2 aliphatic rings. The number of fused-ring (bicyclic) bond motifs is 2. The van der Waals surface area contributed by atoms with Crippen molar-refractivity contribution in [3.05, 3.63) is 81.5 Å². The van der Waals surface area contributed by atoms with Gasteiger partial charge in [0.05, 0.1) is 0 Å². The molecule has 0 saturated heterocycles. The highest BCUT2D eigenvalue weighted by Gasteiger charge is 2.17. The molecule has 0 fully saturated rings. The minimum Gasteiger partial charge on any atom is -0.489 e. The first-order valence-corrected chi connectivity index (χ1v) is 8.13. The molecule has 25 heavy (non-hydrogen) atoms. The van der Waals surface area contributed by atoms with Crippen molar-refractivity contribution in [2.75, 3.05) is 0 Å². The third-order valence-electron chi connectivity index (χ3n) is 4.27. The smallest absolute Gasteiger partial charge is 0.185 e. The zero-order valence-corrected chi connectivity index (χ0v) is 14.1. The average Bonchev–Trinajstić information content (AvgIpc) is 2.64. The van der Waals surface area contributed by atoms with Crippen LogP contribution in [0.2, 0.25) is 0 Å². The van der Waals surface area contributed by atoms with Gasteiger partial charge < -0.3 is 9.15 Å². The second kappa shape index (κ2) is 6.06. The van der Waals surface area contributed by atoms with E-state index in [1.807, 2.05) is 55.5 Å². The highest BCUT2D eigenvalue weighted by Crippen LogP contribution is 2.30. The Kier molecular flexibility index (Phi) is 3.73. The van der Waals surface area contributed by atoms with Crippen molar-refractivity contribution in [3.63, 3.8) is 0 Å². The molecular weight excluding hydrogens is 314 g/mol. The van der Waals surface area contributed by atoms with E-state index in [0.717, 1.165) is 22.3 Å². The molecule has 2 aromatic rings. The molecule has 0 spiro atoms. The van der Waals surface area contributed by atoms with Gasteiger partial charge in [0.2, 0.25) is 0 Å². The van der Waals surface area contributed by atoms with Gasteiger partial charge in [-0.25, -0.2) is 4.98 Å². The molecule has 1 aliphatic carbocycles. The predicted molar refractivity (Wildman–Crippen MR) is 97.1 cm³/mol. The molecule has 0 aromatic heterocycles. The largest absolute Gasteiger partial charge is 0.489 e. The molecule has 0 N–H and O–H groups in total. The fraction of sp³-hybridized carbons (Fsp3) is 0.143. The first-order chi connectivity index (χ1) is 12.1. The maximum atomic E-state index is 12.0. The van der Waals surface area contributed by atoms with Crippen LogP contribution in [0, 0.1) is 13.8 Å². The molecule has 2 aromatic carbocycles. The third-order valence-corrected chi connectivity index (χ3v) is 4.27. The van der Waals surface area contributed by atoms with Crippen LogP contribution in [0.25, 0.3) is 22.6 Å². The summed E-state index contributed by atoms with van der Waals surface area (Å²) in [7, 11) is 0. The highest BCUT2D eigenvalue weighted by atomic mass is 16.5. The second-order valence-corrected chi connectivity index (χ2v) is 6.11. The number of hydrogen-bond donors (Lipinski definition) is 0. The molecule has 0 atom stereocenters. The number of benzene rings is 3. The van der Waals surface area contributed by atoms with Crippen LogP contribution < -0.4 is 10.2 Å². The molecule has 4 nitrogen and oxygen atoms in total. The van der Waals surface area contributed by atoms with Crippen molar-refractivity contribution < 1.29 is 9.15 Å².